The van der Waals surface area contributed by atoms with Gasteiger partial charge in [0.05, 0.1) is 0 Å². The summed E-state index contributed by atoms with van der Waals surface area (Å²) in [4.78, 5) is 14.8. The number of carbonyl (C=O) groups is 1. The fourth-order valence-corrected chi connectivity index (χ4v) is 4.82. The quantitative estimate of drug-likeness (QED) is 0.863. The van der Waals surface area contributed by atoms with Crippen LogP contribution in [0.4, 0.5) is 0 Å². The molecule has 1 aliphatic heterocycles. The summed E-state index contributed by atoms with van der Waals surface area (Å²) in [6, 6.07) is 0.339. The smallest absolute Gasteiger partial charge is 0.225 e. The second-order valence-electron chi connectivity index (χ2n) is 7.55. The Morgan fingerprint density at radius 3 is 2.60 bits per heavy atom. The van der Waals surface area contributed by atoms with Gasteiger partial charge in [-0.25, -0.2) is 0 Å². The van der Waals surface area contributed by atoms with Gasteiger partial charge in [-0.1, -0.05) is 39.0 Å². The van der Waals surface area contributed by atoms with Crippen molar-refractivity contribution in [2.75, 3.05) is 13.1 Å². The summed E-state index contributed by atoms with van der Waals surface area (Å²) in [6.07, 6.45) is 10.3. The van der Waals surface area contributed by atoms with Crippen LogP contribution in [-0.4, -0.2) is 29.9 Å². The van der Waals surface area contributed by atoms with E-state index in [2.05, 4.69) is 11.8 Å². The molecule has 0 aromatic carbocycles. The summed E-state index contributed by atoms with van der Waals surface area (Å²) in [5.41, 5.74) is 6.17. The van der Waals surface area contributed by atoms with Crippen molar-refractivity contribution in [2.45, 2.75) is 64.3 Å². The van der Waals surface area contributed by atoms with Crippen molar-refractivity contribution in [3.05, 3.63) is 0 Å². The highest BCUT2D eigenvalue weighted by Gasteiger charge is 2.43. The molecule has 3 rings (SSSR count). The zero-order chi connectivity index (χ0) is 14.1. The lowest BCUT2D eigenvalue weighted by molar-refractivity contribution is -0.134. The minimum atomic E-state index is 0.216. The van der Waals surface area contributed by atoms with E-state index in [1.54, 1.807) is 0 Å². The first-order valence-electron chi connectivity index (χ1n) is 8.69. The Balaban J connectivity index is 1.51. The fraction of sp³-hybridized carbons (Fsp3) is 0.941. The zero-order valence-corrected chi connectivity index (χ0v) is 12.9. The average Bonchev–Trinajstić information content (AvgIpc) is 3.02. The lowest BCUT2D eigenvalue weighted by Crippen LogP contribution is -2.37. The molecular formula is C17H30N2O. The Kier molecular flexibility index (Phi) is 4.34. The highest BCUT2D eigenvalue weighted by molar-refractivity contribution is 5.78. The number of fused-ring (bicyclic) bond motifs is 1. The first-order chi connectivity index (χ1) is 9.65. The molecule has 114 valence electrons. The third-order valence-corrected chi connectivity index (χ3v) is 6.06. The van der Waals surface area contributed by atoms with E-state index in [0.717, 1.165) is 31.8 Å². The molecular weight excluding hydrogens is 248 g/mol. The number of nitrogens with zero attached hydrogens (tertiary/aromatic N) is 1. The van der Waals surface area contributed by atoms with Crippen LogP contribution in [0.15, 0.2) is 0 Å². The molecule has 4 atom stereocenters. The first kappa shape index (κ1) is 14.4. The minimum Gasteiger partial charge on any atom is -0.342 e. The lowest BCUT2D eigenvalue weighted by Gasteiger charge is -2.27. The summed E-state index contributed by atoms with van der Waals surface area (Å²) < 4.78 is 0. The van der Waals surface area contributed by atoms with Crippen molar-refractivity contribution in [3.63, 3.8) is 0 Å². The number of rotatable bonds is 3. The van der Waals surface area contributed by atoms with Gasteiger partial charge in [0.1, 0.15) is 0 Å². The molecule has 3 heteroatoms. The van der Waals surface area contributed by atoms with Crippen LogP contribution >= 0.6 is 0 Å². The third-order valence-electron chi connectivity index (χ3n) is 6.06. The van der Waals surface area contributed by atoms with E-state index < -0.39 is 0 Å². The fourth-order valence-electron chi connectivity index (χ4n) is 4.82. The molecule has 3 fully saturated rings. The van der Waals surface area contributed by atoms with Gasteiger partial charge < -0.3 is 10.6 Å². The maximum Gasteiger partial charge on any atom is 0.225 e. The number of amides is 1. The van der Waals surface area contributed by atoms with Gasteiger partial charge >= 0.3 is 0 Å². The Bertz CT molecular complexity index is 351. The van der Waals surface area contributed by atoms with Crippen LogP contribution in [0.25, 0.3) is 0 Å². The zero-order valence-electron chi connectivity index (χ0n) is 12.9. The Morgan fingerprint density at radius 2 is 1.90 bits per heavy atom. The predicted molar refractivity (Wildman–Crippen MR) is 81.1 cm³/mol. The molecule has 2 saturated carbocycles. The van der Waals surface area contributed by atoms with Crippen molar-refractivity contribution >= 4 is 5.91 Å². The number of nitrogens with two attached hydrogens (primary N) is 1. The third kappa shape index (κ3) is 2.88. The molecule has 2 N–H and O–H groups in total. The van der Waals surface area contributed by atoms with Crippen molar-refractivity contribution in [1.82, 2.24) is 4.90 Å². The molecule has 1 heterocycles. The summed E-state index contributed by atoms with van der Waals surface area (Å²) in [6.45, 7) is 4.05. The summed E-state index contributed by atoms with van der Waals surface area (Å²) >= 11 is 0. The van der Waals surface area contributed by atoms with Gasteiger partial charge in [0, 0.05) is 25.0 Å². The Labute approximate surface area is 123 Å². The maximum absolute atomic E-state index is 12.6. The molecule has 4 unspecified atom stereocenters. The van der Waals surface area contributed by atoms with Gasteiger partial charge in [-0.05, 0) is 37.0 Å². The maximum atomic E-state index is 12.6. The standard InChI is InChI=1S/C17H30N2O/c1-12(9-13-5-3-2-4-6-13)17(20)19-10-14-7-8-16(18)15(14)11-19/h12-16H,2-11,18H2,1H3. The Hall–Kier alpha value is -0.570. The van der Waals surface area contributed by atoms with Crippen molar-refractivity contribution in [1.29, 1.82) is 0 Å². The summed E-state index contributed by atoms with van der Waals surface area (Å²) in [5, 5.41) is 0. The van der Waals surface area contributed by atoms with Gasteiger partial charge in [-0.15, -0.1) is 0 Å². The van der Waals surface area contributed by atoms with E-state index in [-0.39, 0.29) is 5.92 Å². The lowest BCUT2D eigenvalue weighted by atomic mass is 9.83. The monoisotopic (exact) mass is 278 g/mol. The van der Waals surface area contributed by atoms with Gasteiger partial charge in [-0.2, -0.15) is 0 Å². The number of likely N-dealkylation sites (tertiary alicyclic amines) is 1. The van der Waals surface area contributed by atoms with E-state index >= 15 is 0 Å². The number of carbonyl (C=O) groups excluding carboxylic acids is 1. The van der Waals surface area contributed by atoms with Crippen LogP contribution in [0, 0.1) is 23.7 Å². The van der Waals surface area contributed by atoms with Gasteiger partial charge in [0.25, 0.3) is 0 Å². The minimum absolute atomic E-state index is 0.216. The molecule has 1 amide bonds. The van der Waals surface area contributed by atoms with Crippen molar-refractivity contribution < 1.29 is 4.79 Å². The largest absolute Gasteiger partial charge is 0.342 e. The van der Waals surface area contributed by atoms with Crippen LogP contribution in [0.2, 0.25) is 0 Å². The molecule has 20 heavy (non-hydrogen) atoms. The predicted octanol–water partition coefficient (Wildman–Crippen LogP) is 2.79. The van der Waals surface area contributed by atoms with Gasteiger partial charge in [0.15, 0.2) is 0 Å². The van der Waals surface area contributed by atoms with E-state index in [1.165, 1.54) is 38.5 Å². The van der Waals surface area contributed by atoms with Crippen molar-refractivity contribution in [2.24, 2.45) is 29.4 Å². The second-order valence-corrected chi connectivity index (χ2v) is 7.55. The molecule has 1 saturated heterocycles. The Morgan fingerprint density at radius 1 is 1.15 bits per heavy atom. The molecule has 3 aliphatic rings. The molecule has 0 radical (unpaired) electrons. The van der Waals surface area contributed by atoms with Crippen LogP contribution in [-0.2, 0) is 4.79 Å². The SMILES string of the molecule is CC(CC1CCCCC1)C(=O)N1CC2CCC(N)C2C1. The molecule has 3 nitrogen and oxygen atoms in total. The number of hydrogen-bond acceptors (Lipinski definition) is 2. The van der Waals surface area contributed by atoms with E-state index in [4.69, 9.17) is 5.73 Å². The van der Waals surface area contributed by atoms with Crippen LogP contribution < -0.4 is 5.73 Å². The molecule has 0 spiro atoms. The van der Waals surface area contributed by atoms with Gasteiger partial charge in [-0.3, -0.25) is 4.79 Å². The first-order valence-corrected chi connectivity index (χ1v) is 8.69. The molecule has 0 aromatic heterocycles. The second kappa shape index (κ2) is 6.05. The summed E-state index contributed by atoms with van der Waals surface area (Å²) in [7, 11) is 0. The van der Waals surface area contributed by atoms with Crippen LogP contribution in [0.1, 0.15) is 58.3 Å². The molecule has 2 aliphatic carbocycles. The molecule has 0 aromatic rings. The normalized spacial score (nSPS) is 36.1. The van der Waals surface area contributed by atoms with E-state index in [0.29, 0.717) is 23.8 Å². The highest BCUT2D eigenvalue weighted by atomic mass is 16.2. The van der Waals surface area contributed by atoms with E-state index in [1.807, 2.05) is 0 Å². The van der Waals surface area contributed by atoms with Gasteiger partial charge in [0.2, 0.25) is 5.91 Å². The number of hydrogen-bond donors (Lipinski definition) is 1. The van der Waals surface area contributed by atoms with Crippen LogP contribution in [0.3, 0.4) is 0 Å². The highest BCUT2D eigenvalue weighted by Crippen LogP contribution is 2.38. The summed E-state index contributed by atoms with van der Waals surface area (Å²) in [5.74, 6) is 2.69. The molecule has 0 bridgehead atoms. The average molecular weight is 278 g/mol. The topological polar surface area (TPSA) is 46.3 Å². The van der Waals surface area contributed by atoms with Crippen LogP contribution in [0.5, 0.6) is 0 Å². The van der Waals surface area contributed by atoms with Crippen molar-refractivity contribution in [3.8, 4) is 0 Å². The van der Waals surface area contributed by atoms with E-state index in [9.17, 15) is 4.79 Å².